The largest absolute Gasteiger partial charge is 0.308 e. The molecule has 0 amide bonds. The summed E-state index contributed by atoms with van der Waals surface area (Å²) in [5, 5.41) is 3.49. The van der Waals surface area contributed by atoms with Gasteiger partial charge in [0, 0.05) is 12.1 Å². The van der Waals surface area contributed by atoms with E-state index in [1.165, 1.54) is 25.7 Å². The van der Waals surface area contributed by atoms with E-state index in [0.29, 0.717) is 5.54 Å². The maximum Gasteiger partial charge on any atom is 0.0156 e. The summed E-state index contributed by atoms with van der Waals surface area (Å²) < 4.78 is 0. The lowest BCUT2D eigenvalue weighted by atomic mass is 10.0. The standard InChI is InChI=1S/C9H17N/c1-3-8-10-9(2)6-4-5-7-9/h3,10H,1,4-8H2,2H3. The lowest BCUT2D eigenvalue weighted by Gasteiger charge is -2.24. The zero-order valence-corrected chi connectivity index (χ0v) is 6.82. The van der Waals surface area contributed by atoms with Crippen LogP contribution in [0.3, 0.4) is 0 Å². The average Bonchev–Trinajstić information content (AvgIpc) is 2.33. The molecule has 1 heteroatoms. The molecule has 0 heterocycles. The van der Waals surface area contributed by atoms with Crippen molar-refractivity contribution in [3.63, 3.8) is 0 Å². The number of rotatable bonds is 3. The molecular formula is C9H17N. The zero-order chi connectivity index (χ0) is 7.45. The fourth-order valence-corrected chi connectivity index (χ4v) is 1.65. The minimum Gasteiger partial charge on any atom is -0.308 e. The summed E-state index contributed by atoms with van der Waals surface area (Å²) >= 11 is 0. The minimum absolute atomic E-state index is 0.425. The van der Waals surface area contributed by atoms with Crippen molar-refractivity contribution in [3.05, 3.63) is 12.7 Å². The highest BCUT2D eigenvalue weighted by Gasteiger charge is 2.26. The van der Waals surface area contributed by atoms with Crippen LogP contribution in [0.25, 0.3) is 0 Å². The van der Waals surface area contributed by atoms with Crippen molar-refractivity contribution in [2.45, 2.75) is 38.1 Å². The number of hydrogen-bond donors (Lipinski definition) is 1. The normalized spacial score (nSPS) is 22.9. The van der Waals surface area contributed by atoms with Gasteiger partial charge in [0.1, 0.15) is 0 Å². The van der Waals surface area contributed by atoms with Gasteiger partial charge in [-0.05, 0) is 19.8 Å². The first-order valence-electron chi connectivity index (χ1n) is 4.13. The topological polar surface area (TPSA) is 12.0 Å². The van der Waals surface area contributed by atoms with Crippen LogP contribution in [0.4, 0.5) is 0 Å². The van der Waals surface area contributed by atoms with E-state index in [0.717, 1.165) is 6.54 Å². The molecule has 0 bridgehead atoms. The molecule has 1 rings (SSSR count). The first-order valence-corrected chi connectivity index (χ1v) is 4.13. The Balaban J connectivity index is 2.28. The zero-order valence-electron chi connectivity index (χ0n) is 6.82. The molecular weight excluding hydrogens is 122 g/mol. The van der Waals surface area contributed by atoms with E-state index < -0.39 is 0 Å². The van der Waals surface area contributed by atoms with Crippen LogP contribution in [0.2, 0.25) is 0 Å². The number of nitrogens with one attached hydrogen (secondary N) is 1. The van der Waals surface area contributed by atoms with Crippen LogP contribution in [0.15, 0.2) is 12.7 Å². The lowest BCUT2D eigenvalue weighted by molar-refractivity contribution is 0.382. The van der Waals surface area contributed by atoms with E-state index >= 15 is 0 Å². The van der Waals surface area contributed by atoms with Crippen LogP contribution in [0, 0.1) is 0 Å². The molecule has 0 aromatic heterocycles. The summed E-state index contributed by atoms with van der Waals surface area (Å²) in [6.07, 6.45) is 7.38. The fourth-order valence-electron chi connectivity index (χ4n) is 1.65. The molecule has 0 saturated heterocycles. The molecule has 0 atom stereocenters. The summed E-state index contributed by atoms with van der Waals surface area (Å²) in [4.78, 5) is 0. The Morgan fingerprint density at radius 1 is 1.50 bits per heavy atom. The molecule has 0 radical (unpaired) electrons. The minimum atomic E-state index is 0.425. The van der Waals surface area contributed by atoms with Gasteiger partial charge in [-0.25, -0.2) is 0 Å². The second-order valence-corrected chi connectivity index (χ2v) is 3.44. The Hall–Kier alpha value is -0.300. The SMILES string of the molecule is C=CCNC1(C)CCCC1. The third-order valence-corrected chi connectivity index (χ3v) is 2.38. The van der Waals surface area contributed by atoms with E-state index in [1.54, 1.807) is 0 Å². The van der Waals surface area contributed by atoms with Gasteiger partial charge >= 0.3 is 0 Å². The van der Waals surface area contributed by atoms with Crippen molar-refractivity contribution >= 4 is 0 Å². The molecule has 1 nitrogen and oxygen atoms in total. The van der Waals surface area contributed by atoms with Gasteiger partial charge in [0.2, 0.25) is 0 Å². The molecule has 1 saturated carbocycles. The van der Waals surface area contributed by atoms with Crippen molar-refractivity contribution < 1.29 is 0 Å². The maximum absolute atomic E-state index is 3.69. The van der Waals surface area contributed by atoms with Crippen molar-refractivity contribution in [3.8, 4) is 0 Å². The summed E-state index contributed by atoms with van der Waals surface area (Å²) in [6, 6.07) is 0. The summed E-state index contributed by atoms with van der Waals surface area (Å²) in [5.41, 5.74) is 0.425. The van der Waals surface area contributed by atoms with E-state index in [9.17, 15) is 0 Å². The molecule has 0 aliphatic heterocycles. The molecule has 1 aliphatic rings. The van der Waals surface area contributed by atoms with E-state index in [2.05, 4.69) is 18.8 Å². The third kappa shape index (κ3) is 1.84. The van der Waals surface area contributed by atoms with E-state index in [-0.39, 0.29) is 0 Å². The molecule has 0 spiro atoms. The van der Waals surface area contributed by atoms with Crippen molar-refractivity contribution in [1.82, 2.24) is 5.32 Å². The van der Waals surface area contributed by atoms with Gasteiger partial charge in [-0.15, -0.1) is 6.58 Å². The van der Waals surface area contributed by atoms with Crippen LogP contribution in [-0.2, 0) is 0 Å². The monoisotopic (exact) mass is 139 g/mol. The number of hydrogen-bond acceptors (Lipinski definition) is 1. The Kier molecular flexibility index (Phi) is 2.50. The van der Waals surface area contributed by atoms with Crippen molar-refractivity contribution in [2.75, 3.05) is 6.54 Å². The molecule has 10 heavy (non-hydrogen) atoms. The highest BCUT2D eigenvalue weighted by atomic mass is 15.0. The highest BCUT2D eigenvalue weighted by molar-refractivity contribution is 4.90. The molecule has 1 aliphatic carbocycles. The maximum atomic E-state index is 3.69. The van der Waals surface area contributed by atoms with Crippen LogP contribution >= 0.6 is 0 Å². The Morgan fingerprint density at radius 3 is 2.60 bits per heavy atom. The van der Waals surface area contributed by atoms with Gasteiger partial charge in [0.15, 0.2) is 0 Å². The van der Waals surface area contributed by atoms with Crippen LogP contribution in [-0.4, -0.2) is 12.1 Å². The molecule has 0 unspecified atom stereocenters. The Bertz CT molecular complexity index is 112. The predicted octanol–water partition coefficient (Wildman–Crippen LogP) is 2.09. The molecule has 1 fully saturated rings. The van der Waals surface area contributed by atoms with Crippen LogP contribution in [0.5, 0.6) is 0 Å². The first kappa shape index (κ1) is 7.80. The summed E-state index contributed by atoms with van der Waals surface area (Å²) in [6.45, 7) is 6.95. The summed E-state index contributed by atoms with van der Waals surface area (Å²) in [7, 11) is 0. The molecule has 1 N–H and O–H groups in total. The average molecular weight is 139 g/mol. The van der Waals surface area contributed by atoms with Gasteiger partial charge in [0.25, 0.3) is 0 Å². The van der Waals surface area contributed by atoms with Gasteiger partial charge in [-0.1, -0.05) is 18.9 Å². The molecule has 58 valence electrons. The predicted molar refractivity (Wildman–Crippen MR) is 45.1 cm³/mol. The first-order chi connectivity index (χ1) is 4.77. The van der Waals surface area contributed by atoms with Crippen molar-refractivity contribution in [1.29, 1.82) is 0 Å². The van der Waals surface area contributed by atoms with E-state index in [1.807, 2.05) is 6.08 Å². The quantitative estimate of drug-likeness (QED) is 0.590. The Labute approximate surface area is 63.5 Å². The van der Waals surface area contributed by atoms with E-state index in [4.69, 9.17) is 0 Å². The second-order valence-electron chi connectivity index (χ2n) is 3.44. The third-order valence-electron chi connectivity index (χ3n) is 2.38. The lowest BCUT2D eigenvalue weighted by Crippen LogP contribution is -2.39. The highest BCUT2D eigenvalue weighted by Crippen LogP contribution is 2.28. The molecule has 0 aromatic rings. The van der Waals surface area contributed by atoms with Gasteiger partial charge in [0.05, 0.1) is 0 Å². The van der Waals surface area contributed by atoms with Gasteiger partial charge in [-0.2, -0.15) is 0 Å². The van der Waals surface area contributed by atoms with Gasteiger partial charge < -0.3 is 5.32 Å². The smallest absolute Gasteiger partial charge is 0.0156 e. The van der Waals surface area contributed by atoms with Crippen LogP contribution in [0.1, 0.15) is 32.6 Å². The van der Waals surface area contributed by atoms with Crippen LogP contribution < -0.4 is 5.32 Å². The summed E-state index contributed by atoms with van der Waals surface area (Å²) in [5.74, 6) is 0. The Morgan fingerprint density at radius 2 is 2.10 bits per heavy atom. The van der Waals surface area contributed by atoms with Gasteiger partial charge in [-0.3, -0.25) is 0 Å². The van der Waals surface area contributed by atoms with Crippen molar-refractivity contribution in [2.24, 2.45) is 0 Å². The fraction of sp³-hybridized carbons (Fsp3) is 0.778. The second kappa shape index (κ2) is 3.20. The molecule has 0 aromatic carbocycles.